The molecule has 5 nitrogen and oxygen atoms in total. The summed E-state index contributed by atoms with van der Waals surface area (Å²) >= 11 is 1.77. The van der Waals surface area contributed by atoms with Crippen molar-refractivity contribution in [3.05, 3.63) is 6.33 Å². The number of nitrogens with one attached hydrogen (secondary N) is 1. The average molecular weight is 296 g/mol. The minimum absolute atomic E-state index is 0.0123. The van der Waals surface area contributed by atoms with Crippen molar-refractivity contribution in [1.29, 1.82) is 0 Å². The summed E-state index contributed by atoms with van der Waals surface area (Å²) in [6.07, 6.45) is 8.89. The third kappa shape index (κ3) is 3.02. The van der Waals surface area contributed by atoms with Crippen molar-refractivity contribution in [2.75, 3.05) is 12.4 Å². The van der Waals surface area contributed by atoms with E-state index in [-0.39, 0.29) is 12.1 Å². The number of nitrogens with zero attached hydrogens (tertiary/aromatic N) is 3. The number of aromatic nitrogens is 3. The first-order chi connectivity index (χ1) is 9.73. The number of hydrogen-bond acceptors (Lipinski definition) is 5. The van der Waals surface area contributed by atoms with Crippen LogP contribution < -0.4 is 5.32 Å². The van der Waals surface area contributed by atoms with E-state index >= 15 is 0 Å². The molecule has 2 fully saturated rings. The van der Waals surface area contributed by atoms with E-state index in [1.807, 2.05) is 11.7 Å². The van der Waals surface area contributed by atoms with Gasteiger partial charge in [-0.2, -0.15) is 5.10 Å². The summed E-state index contributed by atoms with van der Waals surface area (Å²) in [5.41, 5.74) is -0.0123. The fourth-order valence-electron chi connectivity index (χ4n) is 3.35. The number of hydrogen-bond donors (Lipinski definition) is 2. The number of aliphatic hydroxyl groups excluding tert-OH is 1. The molecule has 1 aromatic rings. The van der Waals surface area contributed by atoms with Gasteiger partial charge in [0.2, 0.25) is 0 Å². The Morgan fingerprint density at radius 2 is 2.35 bits per heavy atom. The average Bonchev–Trinajstić information content (AvgIpc) is 3.03. The van der Waals surface area contributed by atoms with E-state index in [0.717, 1.165) is 23.8 Å². The molecule has 2 N–H and O–H groups in total. The zero-order valence-corrected chi connectivity index (χ0v) is 12.9. The van der Waals surface area contributed by atoms with Crippen LogP contribution in [0.4, 0.5) is 0 Å². The molecule has 2 aliphatic rings. The van der Waals surface area contributed by atoms with E-state index in [0.29, 0.717) is 12.0 Å². The fraction of sp³-hybridized carbons (Fsp3) is 0.857. The summed E-state index contributed by atoms with van der Waals surface area (Å²) in [5.74, 6) is 1.64. The monoisotopic (exact) mass is 296 g/mol. The highest BCUT2D eigenvalue weighted by molar-refractivity contribution is 7.99. The third-order valence-electron chi connectivity index (χ3n) is 4.68. The summed E-state index contributed by atoms with van der Waals surface area (Å²) in [7, 11) is 1.93. The van der Waals surface area contributed by atoms with E-state index in [1.54, 1.807) is 18.1 Å². The van der Waals surface area contributed by atoms with Crippen LogP contribution in [0.15, 0.2) is 11.5 Å². The molecule has 112 valence electrons. The zero-order chi connectivity index (χ0) is 14.0. The first-order valence-corrected chi connectivity index (χ1v) is 8.57. The molecule has 2 aliphatic carbocycles. The summed E-state index contributed by atoms with van der Waals surface area (Å²) in [4.78, 5) is 4.24. The molecule has 0 aliphatic heterocycles. The highest BCUT2D eigenvalue weighted by Crippen LogP contribution is 2.41. The maximum atomic E-state index is 9.90. The van der Waals surface area contributed by atoms with Crippen molar-refractivity contribution in [3.8, 4) is 0 Å². The molecule has 0 bridgehead atoms. The number of aryl methyl sites for hydroxylation is 1. The second kappa shape index (κ2) is 6.03. The SMILES string of the molecule is Cn1ncnc1SCCC1CCCC1(CO)NC1CC1. The Kier molecular flexibility index (Phi) is 4.33. The van der Waals surface area contributed by atoms with Crippen LogP contribution in [-0.2, 0) is 7.05 Å². The quantitative estimate of drug-likeness (QED) is 0.748. The van der Waals surface area contributed by atoms with Crippen LogP contribution in [0.1, 0.15) is 38.5 Å². The van der Waals surface area contributed by atoms with E-state index < -0.39 is 0 Å². The molecule has 0 radical (unpaired) electrons. The van der Waals surface area contributed by atoms with Gasteiger partial charge in [-0.3, -0.25) is 0 Å². The van der Waals surface area contributed by atoms with Crippen molar-refractivity contribution in [1.82, 2.24) is 20.1 Å². The lowest BCUT2D eigenvalue weighted by Crippen LogP contribution is -2.52. The van der Waals surface area contributed by atoms with Gasteiger partial charge in [-0.15, -0.1) is 0 Å². The molecule has 2 atom stereocenters. The molecule has 0 spiro atoms. The highest BCUT2D eigenvalue weighted by Gasteiger charge is 2.44. The van der Waals surface area contributed by atoms with Gasteiger partial charge >= 0.3 is 0 Å². The van der Waals surface area contributed by atoms with Crippen LogP contribution >= 0.6 is 11.8 Å². The Balaban J connectivity index is 1.53. The van der Waals surface area contributed by atoms with Gasteiger partial charge in [0.25, 0.3) is 0 Å². The Bertz CT molecular complexity index is 448. The van der Waals surface area contributed by atoms with Gasteiger partial charge < -0.3 is 10.4 Å². The third-order valence-corrected chi connectivity index (χ3v) is 5.74. The topological polar surface area (TPSA) is 63.0 Å². The lowest BCUT2D eigenvalue weighted by molar-refractivity contribution is 0.120. The van der Waals surface area contributed by atoms with Crippen LogP contribution in [0, 0.1) is 5.92 Å². The molecule has 0 saturated heterocycles. The lowest BCUT2D eigenvalue weighted by atomic mass is 9.85. The van der Waals surface area contributed by atoms with Crippen molar-refractivity contribution in [2.45, 2.75) is 55.3 Å². The van der Waals surface area contributed by atoms with E-state index in [9.17, 15) is 5.11 Å². The van der Waals surface area contributed by atoms with Crippen molar-refractivity contribution < 1.29 is 5.11 Å². The molecule has 0 amide bonds. The largest absolute Gasteiger partial charge is 0.394 e. The molecular weight excluding hydrogens is 272 g/mol. The Morgan fingerprint density at radius 1 is 1.50 bits per heavy atom. The molecule has 2 unspecified atom stereocenters. The van der Waals surface area contributed by atoms with E-state index in [2.05, 4.69) is 15.4 Å². The van der Waals surface area contributed by atoms with Crippen molar-refractivity contribution in [3.63, 3.8) is 0 Å². The molecule has 0 aromatic carbocycles. The Morgan fingerprint density at radius 3 is 3.00 bits per heavy atom. The second-order valence-corrected chi connectivity index (χ2v) is 7.19. The molecule has 1 heterocycles. The molecule has 6 heteroatoms. The smallest absolute Gasteiger partial charge is 0.185 e. The summed E-state index contributed by atoms with van der Waals surface area (Å²) in [6, 6.07) is 0.661. The van der Waals surface area contributed by atoms with Gasteiger partial charge in [0.05, 0.1) is 6.61 Å². The van der Waals surface area contributed by atoms with Gasteiger partial charge in [0.15, 0.2) is 5.16 Å². The van der Waals surface area contributed by atoms with Crippen molar-refractivity contribution in [2.24, 2.45) is 13.0 Å². The standard InChI is InChI=1S/C14H24N4OS/c1-18-13(15-10-16-18)20-8-6-11-3-2-7-14(11,9-19)17-12-4-5-12/h10-12,17,19H,2-9H2,1H3. The number of aliphatic hydroxyl groups is 1. The van der Waals surface area contributed by atoms with Crippen LogP contribution in [0.25, 0.3) is 0 Å². The predicted molar refractivity (Wildman–Crippen MR) is 79.7 cm³/mol. The second-order valence-electron chi connectivity index (χ2n) is 6.13. The number of rotatable bonds is 7. The Hall–Kier alpha value is -0.590. The molecular formula is C14H24N4OS. The van der Waals surface area contributed by atoms with Crippen molar-refractivity contribution >= 4 is 11.8 Å². The highest BCUT2D eigenvalue weighted by atomic mass is 32.2. The fourth-order valence-corrected chi connectivity index (χ4v) is 4.29. The minimum atomic E-state index is -0.0123. The molecule has 2 saturated carbocycles. The molecule has 1 aromatic heterocycles. The predicted octanol–water partition coefficient (Wildman–Crippen LogP) is 1.58. The normalized spacial score (nSPS) is 30.0. The van der Waals surface area contributed by atoms with E-state index in [4.69, 9.17) is 0 Å². The van der Waals surface area contributed by atoms with E-state index in [1.165, 1.54) is 25.7 Å². The van der Waals surface area contributed by atoms with Gasteiger partial charge in [-0.25, -0.2) is 9.67 Å². The zero-order valence-electron chi connectivity index (χ0n) is 12.1. The Labute approximate surface area is 124 Å². The van der Waals surface area contributed by atoms with Crippen LogP contribution in [0.2, 0.25) is 0 Å². The van der Waals surface area contributed by atoms with Crippen LogP contribution in [-0.4, -0.2) is 43.8 Å². The minimum Gasteiger partial charge on any atom is -0.394 e. The summed E-state index contributed by atoms with van der Waals surface area (Å²) < 4.78 is 1.82. The summed E-state index contributed by atoms with van der Waals surface area (Å²) in [5, 5.41) is 18.7. The van der Waals surface area contributed by atoms with Crippen LogP contribution in [0.5, 0.6) is 0 Å². The molecule has 20 heavy (non-hydrogen) atoms. The maximum absolute atomic E-state index is 9.90. The lowest BCUT2D eigenvalue weighted by Gasteiger charge is -2.35. The first-order valence-electron chi connectivity index (χ1n) is 7.59. The number of thioether (sulfide) groups is 1. The maximum Gasteiger partial charge on any atom is 0.185 e. The summed E-state index contributed by atoms with van der Waals surface area (Å²) in [6.45, 7) is 0.281. The van der Waals surface area contributed by atoms with Gasteiger partial charge in [0.1, 0.15) is 6.33 Å². The first kappa shape index (κ1) is 14.4. The van der Waals surface area contributed by atoms with Gasteiger partial charge in [-0.1, -0.05) is 18.2 Å². The molecule has 3 rings (SSSR count). The van der Waals surface area contributed by atoms with Gasteiger partial charge in [-0.05, 0) is 38.0 Å². The van der Waals surface area contributed by atoms with Gasteiger partial charge in [0, 0.05) is 24.4 Å². The van der Waals surface area contributed by atoms with Crippen LogP contribution in [0.3, 0.4) is 0 Å².